The highest BCUT2D eigenvalue weighted by atomic mass is 19.4. The van der Waals surface area contributed by atoms with E-state index in [1.54, 1.807) is 25.3 Å². The first kappa shape index (κ1) is 43.3. The van der Waals surface area contributed by atoms with Crippen molar-refractivity contribution in [3.05, 3.63) is 123 Å². The van der Waals surface area contributed by atoms with E-state index in [1.807, 2.05) is 12.1 Å². The van der Waals surface area contributed by atoms with Crippen LogP contribution in [0.4, 0.5) is 18.9 Å². The quantitative estimate of drug-likeness (QED) is 0.158. The van der Waals surface area contributed by atoms with E-state index in [9.17, 15) is 15.8 Å². The van der Waals surface area contributed by atoms with Crippen molar-refractivity contribution in [2.45, 2.75) is 104 Å². The van der Waals surface area contributed by atoms with Gasteiger partial charge in [-0.1, -0.05) is 115 Å². The van der Waals surface area contributed by atoms with E-state index in [4.69, 9.17) is 9.47 Å². The summed E-state index contributed by atoms with van der Waals surface area (Å²) in [6.07, 6.45) is 12.5. The Hall–Kier alpha value is -5.46. The van der Waals surface area contributed by atoms with Gasteiger partial charge in [-0.3, -0.25) is 0 Å². The molecule has 56 heavy (non-hydrogen) atoms. The van der Waals surface area contributed by atoms with Gasteiger partial charge in [0.05, 0.1) is 7.11 Å². The van der Waals surface area contributed by atoms with Crippen LogP contribution in [0.1, 0.15) is 104 Å². The Labute approximate surface area is 331 Å². The Balaban J connectivity index is 1.85. The molecule has 4 rings (SSSR count). The number of allylic oxidation sites excluding steroid dienone is 8. The van der Waals surface area contributed by atoms with Crippen LogP contribution in [0, 0.1) is 39.4 Å². The maximum absolute atomic E-state index is 15.3. The number of nitriles is 3. The molecule has 1 unspecified atom stereocenters. The first-order valence-electron chi connectivity index (χ1n) is 19.6. The lowest BCUT2D eigenvalue weighted by Crippen LogP contribution is -2.43. The van der Waals surface area contributed by atoms with Crippen LogP contribution in [0.3, 0.4) is 0 Å². The van der Waals surface area contributed by atoms with Crippen LogP contribution in [0.25, 0.3) is 6.08 Å². The number of benzene rings is 2. The largest absolute Gasteiger partial charge is 0.496 e. The molecule has 6 nitrogen and oxygen atoms in total. The summed E-state index contributed by atoms with van der Waals surface area (Å²) in [6, 6.07) is 18.4. The molecule has 2 aliphatic rings. The van der Waals surface area contributed by atoms with Crippen LogP contribution >= 0.6 is 0 Å². The lowest BCUT2D eigenvalue weighted by atomic mass is 9.70. The zero-order valence-corrected chi connectivity index (χ0v) is 33.5. The van der Waals surface area contributed by atoms with E-state index in [0.29, 0.717) is 6.42 Å². The van der Waals surface area contributed by atoms with Crippen molar-refractivity contribution in [3.8, 4) is 24.0 Å². The highest BCUT2D eigenvalue weighted by Crippen LogP contribution is 2.56. The minimum atomic E-state index is -5.05. The van der Waals surface area contributed by atoms with Gasteiger partial charge in [0.2, 0.25) is 0 Å². The normalized spacial score (nSPS) is 19.0. The van der Waals surface area contributed by atoms with Gasteiger partial charge in [-0.15, -0.1) is 0 Å². The number of methoxy groups -OCH3 is 1. The molecule has 0 saturated heterocycles. The van der Waals surface area contributed by atoms with Gasteiger partial charge in [0.15, 0.2) is 11.3 Å². The molecule has 1 aliphatic carbocycles. The molecule has 9 heteroatoms. The van der Waals surface area contributed by atoms with E-state index >= 15 is 13.2 Å². The Morgan fingerprint density at radius 1 is 0.893 bits per heavy atom. The molecule has 2 aromatic carbocycles. The second-order valence-corrected chi connectivity index (χ2v) is 15.1. The van der Waals surface area contributed by atoms with Crippen molar-refractivity contribution in [1.29, 1.82) is 15.8 Å². The second kappa shape index (κ2) is 19.4. The molecule has 1 atom stereocenters. The molecule has 0 saturated carbocycles. The molecule has 0 N–H and O–H groups in total. The fourth-order valence-corrected chi connectivity index (χ4v) is 7.49. The zero-order chi connectivity index (χ0) is 40.9. The average Bonchev–Trinajstić information content (AvgIpc) is 3.52. The predicted octanol–water partition coefficient (Wildman–Crippen LogP) is 12.5. The maximum atomic E-state index is 15.3. The van der Waals surface area contributed by atoms with Crippen LogP contribution in [0.2, 0.25) is 0 Å². The molecule has 0 aromatic heterocycles. The Morgan fingerprint density at radius 2 is 1.55 bits per heavy atom. The number of unbranched alkanes of at least 4 members (excludes halogenated alkanes) is 3. The summed E-state index contributed by atoms with van der Waals surface area (Å²) in [6.45, 7) is 12.9. The third-order valence-electron chi connectivity index (χ3n) is 10.3. The predicted molar refractivity (Wildman–Crippen MR) is 217 cm³/mol. The fraction of sp³-hybridized carbons (Fsp3) is 0.426. The summed E-state index contributed by atoms with van der Waals surface area (Å²) < 4.78 is 57.5. The van der Waals surface area contributed by atoms with E-state index < -0.39 is 34.3 Å². The van der Waals surface area contributed by atoms with Gasteiger partial charge in [0.1, 0.15) is 29.5 Å². The van der Waals surface area contributed by atoms with Crippen molar-refractivity contribution in [2.24, 2.45) is 5.41 Å². The van der Waals surface area contributed by atoms with Crippen LogP contribution < -0.4 is 9.64 Å². The van der Waals surface area contributed by atoms with Crippen LogP contribution in [0.15, 0.2) is 112 Å². The number of anilines is 1. The third kappa shape index (κ3) is 9.66. The minimum Gasteiger partial charge on any atom is -0.496 e. The van der Waals surface area contributed by atoms with E-state index in [1.165, 1.54) is 36.4 Å². The van der Waals surface area contributed by atoms with E-state index in [0.717, 1.165) is 98.2 Å². The first-order valence-corrected chi connectivity index (χ1v) is 19.6. The SMILES string of the molecule is CCCCC1=C(C=Cc2ccc(N(CCCC)CCCC)cc2OC)CC(C)(C)CC1=CC=CC1=C(C#N)C(=C(C#N)C#N)OC1(c1ccccc1)C(F)(F)F. The highest BCUT2D eigenvalue weighted by molar-refractivity contribution is 5.67. The van der Waals surface area contributed by atoms with Gasteiger partial charge < -0.3 is 14.4 Å². The van der Waals surface area contributed by atoms with Gasteiger partial charge in [-0.2, -0.15) is 29.0 Å². The number of hydrogen-bond donors (Lipinski definition) is 0. The topological polar surface area (TPSA) is 93.1 Å². The van der Waals surface area contributed by atoms with Gasteiger partial charge >= 0.3 is 6.18 Å². The molecule has 0 radical (unpaired) electrons. The molecular weight excluding hydrogens is 710 g/mol. The molecule has 0 amide bonds. The van der Waals surface area contributed by atoms with Crippen molar-refractivity contribution in [2.75, 3.05) is 25.1 Å². The summed E-state index contributed by atoms with van der Waals surface area (Å²) >= 11 is 0. The van der Waals surface area contributed by atoms with E-state index in [2.05, 4.69) is 69.9 Å². The number of halogens is 3. The monoisotopic (exact) mass is 762 g/mol. The lowest BCUT2D eigenvalue weighted by molar-refractivity contribution is -0.249. The number of nitrogens with zero attached hydrogens (tertiary/aromatic N) is 4. The molecular formula is C47H53F3N4O2. The Bertz CT molecular complexity index is 2010. The average molecular weight is 763 g/mol. The third-order valence-corrected chi connectivity index (χ3v) is 10.3. The van der Waals surface area contributed by atoms with E-state index in [-0.39, 0.29) is 11.0 Å². The number of alkyl halides is 3. The van der Waals surface area contributed by atoms with Gasteiger partial charge in [0.25, 0.3) is 5.60 Å². The zero-order valence-electron chi connectivity index (χ0n) is 33.5. The lowest BCUT2D eigenvalue weighted by Gasteiger charge is -2.35. The summed E-state index contributed by atoms with van der Waals surface area (Å²) in [4.78, 5) is 2.43. The molecule has 294 valence electrons. The second-order valence-electron chi connectivity index (χ2n) is 15.1. The minimum absolute atomic E-state index is 0.153. The van der Waals surface area contributed by atoms with Crippen LogP contribution in [-0.4, -0.2) is 26.4 Å². The smallest absolute Gasteiger partial charge is 0.437 e. The van der Waals surface area contributed by atoms with Gasteiger partial charge in [-0.25, -0.2) is 0 Å². The summed E-state index contributed by atoms with van der Waals surface area (Å²) in [5, 5.41) is 29.4. The molecule has 0 spiro atoms. The number of rotatable bonds is 16. The summed E-state index contributed by atoms with van der Waals surface area (Å²) in [5.41, 5.74) is 0.157. The van der Waals surface area contributed by atoms with Crippen molar-refractivity contribution in [1.82, 2.24) is 0 Å². The summed E-state index contributed by atoms with van der Waals surface area (Å²) in [5.74, 6) is 0.108. The first-order chi connectivity index (χ1) is 26.8. The van der Waals surface area contributed by atoms with Crippen LogP contribution in [0.5, 0.6) is 5.75 Å². The fourth-order valence-electron chi connectivity index (χ4n) is 7.49. The summed E-state index contributed by atoms with van der Waals surface area (Å²) in [7, 11) is 1.69. The number of ether oxygens (including phenoxy) is 2. The Kier molecular flexibility index (Phi) is 15.0. The molecule has 2 aromatic rings. The molecule has 1 heterocycles. The number of hydrogen-bond acceptors (Lipinski definition) is 6. The van der Waals surface area contributed by atoms with Gasteiger partial charge in [0, 0.05) is 41.5 Å². The standard InChI is InChI=1S/C47H53F3N4O2/c1-7-10-20-40-35(17-16-21-42-41(33-53)44(37(31-51)32-52)56-46(42,47(48,49)50)38-18-14-13-15-19-38)29-45(4,5)30-36(40)23-22-34-24-25-39(28-43(34)55-6)54(26-11-8-2)27-12-9-3/h13-19,21-25,28H,7-12,20,26-27,29-30H2,1-6H3. The van der Waals surface area contributed by atoms with Crippen molar-refractivity contribution in [3.63, 3.8) is 0 Å². The maximum Gasteiger partial charge on any atom is 0.437 e. The molecule has 0 bridgehead atoms. The van der Waals surface area contributed by atoms with Crippen LogP contribution in [-0.2, 0) is 10.3 Å². The molecule has 0 fully saturated rings. The van der Waals surface area contributed by atoms with Gasteiger partial charge in [-0.05, 0) is 72.8 Å². The van der Waals surface area contributed by atoms with Crippen molar-refractivity contribution < 1.29 is 22.6 Å². The molecule has 1 aliphatic heterocycles. The Morgan fingerprint density at radius 3 is 2.12 bits per heavy atom. The highest BCUT2D eigenvalue weighted by Gasteiger charge is 2.65. The van der Waals surface area contributed by atoms with Crippen molar-refractivity contribution >= 4 is 11.8 Å².